The van der Waals surface area contributed by atoms with Crippen molar-refractivity contribution in [2.45, 2.75) is 79.3 Å². The van der Waals surface area contributed by atoms with Gasteiger partial charge in [-0.15, -0.1) is 0 Å². The molecular weight excluding hydrogens is 541 g/mol. The van der Waals surface area contributed by atoms with Crippen molar-refractivity contribution >= 4 is 46.1 Å². The average molecular weight is 581 g/mol. The number of nitriles is 1. The van der Waals surface area contributed by atoms with Crippen LogP contribution in [0.2, 0.25) is 0 Å². The number of aromatic nitrogens is 1. The second kappa shape index (κ2) is 15.1. The lowest BCUT2D eigenvalue weighted by Gasteiger charge is -2.22. The Kier molecular flexibility index (Phi) is 11.8. The predicted molar refractivity (Wildman–Crippen MR) is 169 cm³/mol. The van der Waals surface area contributed by atoms with Crippen molar-refractivity contribution in [3.63, 3.8) is 0 Å². The van der Waals surface area contributed by atoms with Gasteiger partial charge in [0.2, 0.25) is 0 Å². The summed E-state index contributed by atoms with van der Waals surface area (Å²) in [6.07, 6.45) is 7.78. The molecule has 0 bridgehead atoms. The Morgan fingerprint density at radius 2 is 1.85 bits per heavy atom. The van der Waals surface area contributed by atoms with Crippen molar-refractivity contribution in [2.75, 3.05) is 19.0 Å². The van der Waals surface area contributed by atoms with E-state index in [1.807, 2.05) is 24.3 Å². The first-order valence-electron chi connectivity index (χ1n) is 14.1. The van der Waals surface area contributed by atoms with Gasteiger partial charge in [-0.25, -0.2) is 0 Å². The molecule has 1 atom stereocenters. The number of thiocarbonyl (C=S) groups is 1. The third-order valence-electron chi connectivity index (χ3n) is 7.36. The molecule has 0 radical (unpaired) electrons. The van der Waals surface area contributed by atoms with Gasteiger partial charge in [-0.2, -0.15) is 5.26 Å². The lowest BCUT2D eigenvalue weighted by Crippen LogP contribution is -2.33. The maximum atomic E-state index is 13.6. The Bertz CT molecular complexity index is 1340. The van der Waals surface area contributed by atoms with Gasteiger partial charge in [0.25, 0.3) is 11.5 Å². The summed E-state index contributed by atoms with van der Waals surface area (Å²) < 4.78 is 7.46. The predicted octanol–water partition coefficient (Wildman–Crippen LogP) is 6.87. The van der Waals surface area contributed by atoms with E-state index in [1.165, 1.54) is 11.8 Å². The van der Waals surface area contributed by atoms with Gasteiger partial charge in [0, 0.05) is 25.2 Å². The zero-order valence-electron chi connectivity index (χ0n) is 24.2. The minimum atomic E-state index is -0.322. The molecule has 9 heteroatoms. The normalized spacial score (nSPS) is 15.0. The van der Waals surface area contributed by atoms with Gasteiger partial charge in [0.1, 0.15) is 27.5 Å². The molecule has 1 N–H and O–H groups in total. The summed E-state index contributed by atoms with van der Waals surface area (Å²) in [5.41, 5.74) is 2.00. The Labute approximate surface area is 247 Å². The molecule has 40 heavy (non-hydrogen) atoms. The zero-order chi connectivity index (χ0) is 29.2. The van der Waals surface area contributed by atoms with E-state index in [0.717, 1.165) is 49.8 Å². The number of benzene rings is 1. The van der Waals surface area contributed by atoms with Crippen LogP contribution in [-0.2, 0) is 17.9 Å². The average Bonchev–Trinajstić information content (AvgIpc) is 3.22. The number of nitrogens with one attached hydrogen (secondary N) is 1. The fraction of sp³-hybridized carbons (Fsp3) is 0.484. The molecule has 1 aliphatic rings. The number of thioether (sulfide) groups is 1. The van der Waals surface area contributed by atoms with Gasteiger partial charge in [-0.1, -0.05) is 82.6 Å². The van der Waals surface area contributed by atoms with E-state index in [0.29, 0.717) is 51.7 Å². The molecule has 3 rings (SSSR count). The number of unbranched alkanes of at least 4 members (excludes halogenated alkanes) is 2. The van der Waals surface area contributed by atoms with E-state index < -0.39 is 0 Å². The van der Waals surface area contributed by atoms with E-state index >= 15 is 0 Å². The number of nitrogens with zero attached hydrogens (tertiary/aromatic N) is 3. The van der Waals surface area contributed by atoms with Crippen molar-refractivity contribution in [3.05, 3.63) is 61.8 Å². The minimum Gasteiger partial charge on any atom is -0.497 e. The van der Waals surface area contributed by atoms with Crippen LogP contribution in [0.4, 0.5) is 5.82 Å². The zero-order valence-corrected chi connectivity index (χ0v) is 25.8. The first kappa shape index (κ1) is 31.4. The summed E-state index contributed by atoms with van der Waals surface area (Å²) in [5, 5.41) is 13.4. The van der Waals surface area contributed by atoms with Crippen LogP contribution in [0.3, 0.4) is 0 Å². The third kappa shape index (κ3) is 7.35. The first-order valence-corrected chi connectivity index (χ1v) is 15.3. The SMILES string of the molecule is CCCCC(CC)CN1C(=O)/C(=C\c2c(C)c(C#N)c(=O)n(CCCC)c2NCc2ccc(OC)cc2)SC1=S. The molecular formula is C31H40N4O3S2. The van der Waals surface area contributed by atoms with E-state index in [1.54, 1.807) is 29.6 Å². The molecule has 2 aromatic rings. The number of anilines is 1. The molecule has 1 saturated heterocycles. The van der Waals surface area contributed by atoms with E-state index in [2.05, 4.69) is 32.2 Å². The van der Waals surface area contributed by atoms with Crippen LogP contribution in [0.5, 0.6) is 5.75 Å². The van der Waals surface area contributed by atoms with Gasteiger partial charge in [0.15, 0.2) is 0 Å². The molecule has 7 nitrogen and oxygen atoms in total. The number of hydrogen-bond acceptors (Lipinski definition) is 7. The van der Waals surface area contributed by atoms with Gasteiger partial charge in [-0.3, -0.25) is 19.1 Å². The largest absolute Gasteiger partial charge is 0.497 e. The standard InChI is InChI=1S/C31H40N4O3S2/c1-6-9-11-22(8-3)20-35-30(37)27(40-31(35)39)17-25-21(4)26(18-32)29(36)34(16-10-7-2)28(25)33-19-23-12-14-24(38-5)15-13-23/h12-15,17,22,33H,6-11,16,19-20H2,1-5H3/b27-17+. The molecule has 1 fully saturated rings. The van der Waals surface area contributed by atoms with Crippen molar-refractivity contribution in [2.24, 2.45) is 5.92 Å². The molecule has 0 aliphatic carbocycles. The van der Waals surface area contributed by atoms with Crippen molar-refractivity contribution in [1.82, 2.24) is 9.47 Å². The highest BCUT2D eigenvalue weighted by atomic mass is 32.2. The quantitative estimate of drug-likeness (QED) is 0.193. The monoisotopic (exact) mass is 580 g/mol. The molecule has 1 unspecified atom stereocenters. The van der Waals surface area contributed by atoms with Crippen LogP contribution in [0.1, 0.15) is 81.5 Å². The second-order valence-electron chi connectivity index (χ2n) is 10.1. The third-order valence-corrected chi connectivity index (χ3v) is 8.74. The maximum absolute atomic E-state index is 13.6. The van der Waals surface area contributed by atoms with Crippen LogP contribution < -0.4 is 15.6 Å². The molecule has 0 spiro atoms. The summed E-state index contributed by atoms with van der Waals surface area (Å²) in [5.74, 6) is 1.65. The lowest BCUT2D eigenvalue weighted by atomic mass is 9.99. The summed E-state index contributed by atoms with van der Waals surface area (Å²) in [4.78, 5) is 29.2. The van der Waals surface area contributed by atoms with Crippen molar-refractivity contribution in [3.8, 4) is 11.8 Å². The summed E-state index contributed by atoms with van der Waals surface area (Å²) >= 11 is 6.92. The highest BCUT2D eigenvalue weighted by Crippen LogP contribution is 2.36. The molecule has 0 saturated carbocycles. The topological polar surface area (TPSA) is 87.4 Å². The number of rotatable bonds is 14. The molecule has 1 amide bonds. The van der Waals surface area contributed by atoms with Crippen LogP contribution in [0.25, 0.3) is 6.08 Å². The van der Waals surface area contributed by atoms with Crippen molar-refractivity contribution in [1.29, 1.82) is 5.26 Å². The number of carbonyl (C=O) groups excluding carboxylic acids is 1. The summed E-state index contributed by atoms with van der Waals surface area (Å²) in [7, 11) is 1.63. The number of amides is 1. The second-order valence-corrected chi connectivity index (χ2v) is 11.8. The Morgan fingerprint density at radius 3 is 2.45 bits per heavy atom. The molecule has 1 aliphatic heterocycles. The first-order chi connectivity index (χ1) is 19.3. The van der Waals surface area contributed by atoms with Gasteiger partial charge in [0.05, 0.1) is 12.0 Å². The number of methoxy groups -OCH3 is 1. The van der Waals surface area contributed by atoms with Gasteiger partial charge in [-0.05, 0) is 55.0 Å². The molecule has 214 valence electrons. The van der Waals surface area contributed by atoms with Crippen LogP contribution >= 0.6 is 24.0 Å². The fourth-order valence-corrected chi connectivity index (χ4v) is 6.03. The number of carbonyl (C=O) groups is 1. The van der Waals surface area contributed by atoms with E-state index in [9.17, 15) is 14.9 Å². The highest BCUT2D eigenvalue weighted by Gasteiger charge is 2.34. The number of ether oxygens (including phenoxy) is 1. The van der Waals surface area contributed by atoms with Gasteiger partial charge >= 0.3 is 0 Å². The Hall–Kier alpha value is -3.09. The minimum absolute atomic E-state index is 0.0958. The fourth-order valence-electron chi connectivity index (χ4n) is 4.78. The smallest absolute Gasteiger partial charge is 0.270 e. The van der Waals surface area contributed by atoms with Crippen LogP contribution in [0.15, 0.2) is 34.0 Å². The van der Waals surface area contributed by atoms with Crippen molar-refractivity contribution < 1.29 is 9.53 Å². The lowest BCUT2D eigenvalue weighted by molar-refractivity contribution is -0.122. The maximum Gasteiger partial charge on any atom is 0.270 e. The molecule has 2 heterocycles. The Balaban J connectivity index is 2.05. The number of pyridine rings is 1. The Morgan fingerprint density at radius 1 is 1.15 bits per heavy atom. The van der Waals surface area contributed by atoms with Crippen LogP contribution in [0, 0.1) is 24.2 Å². The molecule has 1 aromatic heterocycles. The van der Waals surface area contributed by atoms with Gasteiger partial charge < -0.3 is 10.1 Å². The summed E-state index contributed by atoms with van der Waals surface area (Å²) in [6, 6.07) is 9.82. The molecule has 1 aromatic carbocycles. The van der Waals surface area contributed by atoms with E-state index in [-0.39, 0.29) is 17.0 Å². The summed E-state index contributed by atoms with van der Waals surface area (Å²) in [6.45, 7) is 9.69. The number of hydrogen-bond donors (Lipinski definition) is 1. The van der Waals surface area contributed by atoms with E-state index in [4.69, 9.17) is 17.0 Å². The highest BCUT2D eigenvalue weighted by molar-refractivity contribution is 8.26. The van der Waals surface area contributed by atoms with Crippen LogP contribution in [-0.4, -0.2) is 33.3 Å².